The second kappa shape index (κ2) is 8.46. The Hall–Kier alpha value is -0.850. The molecule has 6 nitrogen and oxygen atoms in total. The van der Waals surface area contributed by atoms with E-state index in [0.717, 1.165) is 0 Å². The van der Waals surface area contributed by atoms with Gasteiger partial charge in [0.05, 0.1) is 13.2 Å². The lowest BCUT2D eigenvalue weighted by molar-refractivity contribution is 0.121. The molecule has 0 saturated carbocycles. The second-order valence-electron chi connectivity index (χ2n) is 3.65. The van der Waals surface area contributed by atoms with Crippen LogP contribution in [0, 0.1) is 5.92 Å². The Labute approximate surface area is 90.2 Å². The maximum absolute atomic E-state index is 11.3. The van der Waals surface area contributed by atoms with Crippen LogP contribution < -0.4 is 10.7 Å². The molecule has 0 aromatic carbocycles. The number of hydrogen-bond acceptors (Lipinski definition) is 4. The van der Waals surface area contributed by atoms with E-state index in [-0.39, 0.29) is 19.2 Å². The molecule has 0 aliphatic heterocycles. The molecule has 0 heterocycles. The molecular weight excluding hydrogens is 198 g/mol. The summed E-state index contributed by atoms with van der Waals surface area (Å²) in [4.78, 5) is 11.3. The largest absolute Gasteiger partial charge is 0.395 e. The molecule has 0 aliphatic rings. The Morgan fingerprint density at radius 2 is 1.80 bits per heavy atom. The van der Waals surface area contributed by atoms with Crippen LogP contribution in [-0.2, 0) is 0 Å². The molecule has 0 saturated heterocycles. The molecular formula is C9H21N3O3. The average molecular weight is 219 g/mol. The van der Waals surface area contributed by atoms with E-state index < -0.39 is 0 Å². The zero-order valence-corrected chi connectivity index (χ0v) is 9.36. The van der Waals surface area contributed by atoms with Crippen LogP contribution in [-0.4, -0.2) is 54.1 Å². The van der Waals surface area contributed by atoms with Gasteiger partial charge < -0.3 is 15.5 Å². The van der Waals surface area contributed by atoms with Crippen molar-refractivity contribution >= 4 is 6.03 Å². The zero-order chi connectivity index (χ0) is 11.7. The molecule has 2 amide bonds. The summed E-state index contributed by atoms with van der Waals surface area (Å²) in [5, 5.41) is 21.5. The zero-order valence-electron chi connectivity index (χ0n) is 9.36. The van der Waals surface area contributed by atoms with E-state index in [0.29, 0.717) is 25.6 Å². The summed E-state index contributed by atoms with van der Waals surface area (Å²) in [6.45, 7) is 5.07. The average Bonchev–Trinajstić information content (AvgIpc) is 2.15. The first-order chi connectivity index (χ1) is 7.10. The van der Waals surface area contributed by atoms with Gasteiger partial charge in [0.1, 0.15) is 0 Å². The van der Waals surface area contributed by atoms with Gasteiger partial charge in [0, 0.05) is 19.6 Å². The number of urea groups is 1. The highest BCUT2D eigenvalue weighted by molar-refractivity contribution is 5.73. The summed E-state index contributed by atoms with van der Waals surface area (Å²) in [5.41, 5.74) is 2.54. The van der Waals surface area contributed by atoms with Crippen molar-refractivity contribution in [3.05, 3.63) is 0 Å². The lowest BCUT2D eigenvalue weighted by Gasteiger charge is -2.21. The van der Waals surface area contributed by atoms with Gasteiger partial charge >= 0.3 is 6.03 Å². The first-order valence-corrected chi connectivity index (χ1v) is 5.11. The number of aliphatic hydroxyl groups is 2. The standard InChI is InChI=1S/C9H21N3O3/c1-8(2)7-10-9(15)11-12(3-5-13)4-6-14/h8,13-14H,3-7H2,1-2H3,(H2,10,11,15). The van der Waals surface area contributed by atoms with E-state index in [1.54, 1.807) is 0 Å². The minimum absolute atomic E-state index is 0.0650. The maximum Gasteiger partial charge on any atom is 0.329 e. The van der Waals surface area contributed by atoms with Gasteiger partial charge in [-0.25, -0.2) is 9.80 Å². The molecule has 0 aliphatic carbocycles. The van der Waals surface area contributed by atoms with Crippen molar-refractivity contribution < 1.29 is 15.0 Å². The van der Waals surface area contributed by atoms with E-state index in [1.807, 2.05) is 13.8 Å². The molecule has 0 atom stereocenters. The third-order valence-corrected chi connectivity index (χ3v) is 1.67. The van der Waals surface area contributed by atoms with Crippen LogP contribution in [0.1, 0.15) is 13.8 Å². The molecule has 0 fully saturated rings. The Morgan fingerprint density at radius 1 is 1.27 bits per heavy atom. The molecule has 0 radical (unpaired) electrons. The van der Waals surface area contributed by atoms with Gasteiger partial charge in [-0.15, -0.1) is 0 Å². The van der Waals surface area contributed by atoms with Gasteiger partial charge in [0.15, 0.2) is 0 Å². The van der Waals surface area contributed by atoms with Gasteiger partial charge in [-0.05, 0) is 5.92 Å². The number of nitrogens with one attached hydrogen (secondary N) is 2. The number of carbonyl (C=O) groups excluding carboxylic acids is 1. The smallest absolute Gasteiger partial charge is 0.329 e. The maximum atomic E-state index is 11.3. The van der Waals surface area contributed by atoms with Crippen molar-refractivity contribution in [2.45, 2.75) is 13.8 Å². The number of rotatable bonds is 7. The summed E-state index contributed by atoms with van der Waals surface area (Å²) in [6, 6.07) is -0.314. The quantitative estimate of drug-likeness (QED) is 0.420. The van der Waals surface area contributed by atoms with E-state index in [1.165, 1.54) is 5.01 Å². The first kappa shape index (κ1) is 14.2. The summed E-state index contributed by atoms with van der Waals surface area (Å²) >= 11 is 0. The molecule has 0 rings (SSSR count). The number of hydrogen-bond donors (Lipinski definition) is 4. The molecule has 0 spiro atoms. The van der Waals surface area contributed by atoms with E-state index in [4.69, 9.17) is 10.2 Å². The number of carbonyl (C=O) groups is 1. The lowest BCUT2D eigenvalue weighted by atomic mass is 10.2. The van der Waals surface area contributed by atoms with Crippen LogP contribution in [0.3, 0.4) is 0 Å². The van der Waals surface area contributed by atoms with Gasteiger partial charge in [0.2, 0.25) is 0 Å². The Balaban J connectivity index is 3.77. The third-order valence-electron chi connectivity index (χ3n) is 1.67. The molecule has 6 heteroatoms. The van der Waals surface area contributed by atoms with Crippen molar-refractivity contribution in [3.63, 3.8) is 0 Å². The summed E-state index contributed by atoms with van der Waals surface area (Å²) in [7, 11) is 0. The Morgan fingerprint density at radius 3 is 2.20 bits per heavy atom. The Kier molecular flexibility index (Phi) is 7.98. The highest BCUT2D eigenvalue weighted by Gasteiger charge is 2.07. The molecule has 15 heavy (non-hydrogen) atoms. The van der Waals surface area contributed by atoms with E-state index in [9.17, 15) is 4.79 Å². The highest BCUT2D eigenvalue weighted by Crippen LogP contribution is 1.87. The van der Waals surface area contributed by atoms with Crippen LogP contribution >= 0.6 is 0 Å². The van der Waals surface area contributed by atoms with Crippen molar-refractivity contribution in [2.75, 3.05) is 32.8 Å². The molecule has 0 aromatic rings. The number of nitrogens with zero attached hydrogens (tertiary/aromatic N) is 1. The number of aliphatic hydroxyl groups excluding tert-OH is 2. The van der Waals surface area contributed by atoms with Gasteiger partial charge in [-0.2, -0.15) is 0 Å². The molecule has 0 aromatic heterocycles. The molecule has 4 N–H and O–H groups in total. The van der Waals surface area contributed by atoms with Crippen LogP contribution in [0.25, 0.3) is 0 Å². The van der Waals surface area contributed by atoms with Crippen molar-refractivity contribution in [1.82, 2.24) is 15.8 Å². The molecule has 90 valence electrons. The number of amides is 2. The fraction of sp³-hybridized carbons (Fsp3) is 0.889. The predicted octanol–water partition coefficient (Wildman–Crippen LogP) is -0.857. The van der Waals surface area contributed by atoms with Gasteiger partial charge in [-0.3, -0.25) is 5.43 Å². The van der Waals surface area contributed by atoms with Crippen molar-refractivity contribution in [3.8, 4) is 0 Å². The van der Waals surface area contributed by atoms with Crippen molar-refractivity contribution in [2.24, 2.45) is 5.92 Å². The van der Waals surface area contributed by atoms with Crippen LogP contribution in [0.2, 0.25) is 0 Å². The number of hydrazine groups is 1. The summed E-state index contributed by atoms with van der Waals surface area (Å²) < 4.78 is 0. The van der Waals surface area contributed by atoms with Crippen LogP contribution in [0.4, 0.5) is 4.79 Å². The lowest BCUT2D eigenvalue weighted by Crippen LogP contribution is -2.50. The minimum atomic E-state index is -0.314. The molecule has 0 unspecified atom stereocenters. The predicted molar refractivity (Wildman–Crippen MR) is 57.1 cm³/mol. The summed E-state index contributed by atoms with van der Waals surface area (Å²) in [6.07, 6.45) is 0. The topological polar surface area (TPSA) is 84.8 Å². The minimum Gasteiger partial charge on any atom is -0.395 e. The van der Waals surface area contributed by atoms with E-state index >= 15 is 0 Å². The monoisotopic (exact) mass is 219 g/mol. The molecule has 0 bridgehead atoms. The van der Waals surface area contributed by atoms with Gasteiger partial charge in [0.25, 0.3) is 0 Å². The fourth-order valence-corrected chi connectivity index (χ4v) is 0.945. The highest BCUT2D eigenvalue weighted by atomic mass is 16.3. The third kappa shape index (κ3) is 8.17. The summed E-state index contributed by atoms with van der Waals surface area (Å²) in [5.74, 6) is 0.389. The normalized spacial score (nSPS) is 10.8. The second-order valence-corrected chi connectivity index (χ2v) is 3.65. The van der Waals surface area contributed by atoms with Crippen LogP contribution in [0.15, 0.2) is 0 Å². The van der Waals surface area contributed by atoms with Gasteiger partial charge in [-0.1, -0.05) is 13.8 Å². The van der Waals surface area contributed by atoms with Crippen LogP contribution in [0.5, 0.6) is 0 Å². The van der Waals surface area contributed by atoms with Crippen molar-refractivity contribution in [1.29, 1.82) is 0 Å². The Bertz CT molecular complexity index is 170. The fourth-order valence-electron chi connectivity index (χ4n) is 0.945. The van der Waals surface area contributed by atoms with E-state index in [2.05, 4.69) is 10.7 Å². The SMILES string of the molecule is CC(C)CNC(=O)NN(CCO)CCO. The first-order valence-electron chi connectivity index (χ1n) is 5.11.